The van der Waals surface area contributed by atoms with Gasteiger partial charge < -0.3 is 15.5 Å². The molecule has 104 valence electrons. The Kier molecular flexibility index (Phi) is 4.43. The quantitative estimate of drug-likeness (QED) is 0.894. The number of carbonyl (C=O) groups is 1. The molecule has 1 atom stereocenters. The van der Waals surface area contributed by atoms with Gasteiger partial charge in [-0.05, 0) is 25.0 Å². The summed E-state index contributed by atoms with van der Waals surface area (Å²) in [7, 11) is 0. The summed E-state index contributed by atoms with van der Waals surface area (Å²) in [5.41, 5.74) is 8.37. The van der Waals surface area contributed by atoms with Crippen molar-refractivity contribution in [2.75, 3.05) is 31.1 Å². The molecule has 0 radical (unpaired) electrons. The average molecular weight is 261 g/mol. The zero-order valence-corrected chi connectivity index (χ0v) is 11.8. The van der Waals surface area contributed by atoms with Gasteiger partial charge in [0.15, 0.2) is 0 Å². The van der Waals surface area contributed by atoms with Gasteiger partial charge in [0.2, 0.25) is 5.91 Å². The molecule has 0 unspecified atom stereocenters. The Balaban J connectivity index is 1.96. The van der Waals surface area contributed by atoms with Gasteiger partial charge in [0.1, 0.15) is 0 Å². The molecule has 1 heterocycles. The van der Waals surface area contributed by atoms with Crippen molar-refractivity contribution >= 4 is 11.6 Å². The first-order valence-electron chi connectivity index (χ1n) is 6.98. The lowest BCUT2D eigenvalue weighted by atomic mass is 10.1. The lowest BCUT2D eigenvalue weighted by molar-refractivity contribution is -0.132. The lowest BCUT2D eigenvalue weighted by Crippen LogP contribution is -2.53. The maximum absolute atomic E-state index is 12.0. The summed E-state index contributed by atoms with van der Waals surface area (Å²) in [6.07, 6.45) is 0.705. The first-order valence-corrected chi connectivity index (χ1v) is 6.98. The van der Waals surface area contributed by atoms with Crippen LogP contribution in [0.25, 0.3) is 0 Å². The summed E-state index contributed by atoms with van der Waals surface area (Å²) in [5, 5.41) is 0. The van der Waals surface area contributed by atoms with Crippen LogP contribution in [0.15, 0.2) is 24.3 Å². The number of nitrogens with two attached hydrogens (primary N) is 1. The maximum Gasteiger partial charge on any atom is 0.239 e. The highest BCUT2D eigenvalue weighted by molar-refractivity contribution is 5.81. The Labute approximate surface area is 115 Å². The van der Waals surface area contributed by atoms with E-state index in [1.54, 1.807) is 0 Å². The number of anilines is 1. The highest BCUT2D eigenvalue weighted by Gasteiger charge is 2.24. The van der Waals surface area contributed by atoms with Crippen LogP contribution in [-0.4, -0.2) is 43.0 Å². The van der Waals surface area contributed by atoms with Gasteiger partial charge in [-0.15, -0.1) is 0 Å². The molecule has 1 amide bonds. The molecule has 4 heteroatoms. The minimum absolute atomic E-state index is 0.0898. The highest BCUT2D eigenvalue weighted by atomic mass is 16.2. The van der Waals surface area contributed by atoms with Gasteiger partial charge in [0.25, 0.3) is 0 Å². The fourth-order valence-corrected chi connectivity index (χ4v) is 2.50. The van der Waals surface area contributed by atoms with E-state index in [0.29, 0.717) is 6.42 Å². The molecule has 4 nitrogen and oxygen atoms in total. The number of amides is 1. The summed E-state index contributed by atoms with van der Waals surface area (Å²) >= 11 is 0. The van der Waals surface area contributed by atoms with Crippen LogP contribution in [0.5, 0.6) is 0 Å². The average Bonchev–Trinajstić information content (AvgIpc) is 2.46. The van der Waals surface area contributed by atoms with Crippen LogP contribution in [-0.2, 0) is 4.79 Å². The molecule has 1 aromatic carbocycles. The van der Waals surface area contributed by atoms with E-state index in [4.69, 9.17) is 5.73 Å². The summed E-state index contributed by atoms with van der Waals surface area (Å²) in [5.74, 6) is 0.0898. The van der Waals surface area contributed by atoms with Gasteiger partial charge >= 0.3 is 0 Å². The van der Waals surface area contributed by atoms with E-state index in [-0.39, 0.29) is 11.9 Å². The number of nitrogens with zero attached hydrogens (tertiary/aromatic N) is 2. The van der Waals surface area contributed by atoms with Gasteiger partial charge in [-0.2, -0.15) is 0 Å². The van der Waals surface area contributed by atoms with Crippen LogP contribution in [0.4, 0.5) is 5.69 Å². The van der Waals surface area contributed by atoms with Gasteiger partial charge in [0, 0.05) is 31.9 Å². The standard InChI is InChI=1S/C15H23N3O/c1-3-13(16)15(19)18-10-8-17(9-11-18)14-7-5-4-6-12(14)2/h4-7,13H,3,8-11,16H2,1-2H3/t13-/m1/s1. The van der Waals surface area contributed by atoms with Crippen molar-refractivity contribution < 1.29 is 4.79 Å². The molecule has 1 aliphatic heterocycles. The fraction of sp³-hybridized carbons (Fsp3) is 0.533. The third-order valence-corrected chi connectivity index (χ3v) is 3.80. The summed E-state index contributed by atoms with van der Waals surface area (Å²) in [4.78, 5) is 16.3. The maximum atomic E-state index is 12.0. The second-order valence-electron chi connectivity index (χ2n) is 5.11. The van der Waals surface area contributed by atoms with Gasteiger partial charge in [-0.1, -0.05) is 25.1 Å². The normalized spacial score (nSPS) is 17.4. The number of hydrogen-bond acceptors (Lipinski definition) is 3. The number of hydrogen-bond donors (Lipinski definition) is 1. The molecule has 19 heavy (non-hydrogen) atoms. The topological polar surface area (TPSA) is 49.6 Å². The molecule has 1 aromatic rings. The molecule has 1 fully saturated rings. The second-order valence-corrected chi connectivity index (χ2v) is 5.11. The van der Waals surface area contributed by atoms with Crippen molar-refractivity contribution in [3.63, 3.8) is 0 Å². The highest BCUT2D eigenvalue weighted by Crippen LogP contribution is 2.20. The number of para-hydroxylation sites is 1. The molecular formula is C15H23N3O. The third-order valence-electron chi connectivity index (χ3n) is 3.80. The van der Waals surface area contributed by atoms with E-state index in [9.17, 15) is 4.79 Å². The number of aryl methyl sites for hydroxylation is 1. The molecule has 1 aliphatic rings. The van der Waals surface area contributed by atoms with Crippen LogP contribution in [0.3, 0.4) is 0 Å². The smallest absolute Gasteiger partial charge is 0.239 e. The molecule has 0 spiro atoms. The number of benzene rings is 1. The first-order chi connectivity index (χ1) is 9.13. The van der Waals surface area contributed by atoms with Crippen molar-refractivity contribution in [1.29, 1.82) is 0 Å². The molecule has 0 bridgehead atoms. The van der Waals surface area contributed by atoms with Crippen molar-refractivity contribution in [2.24, 2.45) is 5.73 Å². The Hall–Kier alpha value is -1.55. The first kappa shape index (κ1) is 13.9. The summed E-state index contributed by atoms with van der Waals surface area (Å²) in [6.45, 7) is 7.37. The van der Waals surface area contributed by atoms with Crippen LogP contribution in [0, 0.1) is 6.92 Å². The van der Waals surface area contributed by atoms with Crippen molar-refractivity contribution in [1.82, 2.24) is 4.90 Å². The Morgan fingerprint density at radius 1 is 1.26 bits per heavy atom. The Morgan fingerprint density at radius 2 is 1.89 bits per heavy atom. The molecule has 0 aromatic heterocycles. The van der Waals surface area contributed by atoms with Gasteiger partial charge in [-0.25, -0.2) is 0 Å². The number of carbonyl (C=O) groups excluding carboxylic acids is 1. The van der Waals surface area contributed by atoms with Crippen molar-refractivity contribution in [2.45, 2.75) is 26.3 Å². The van der Waals surface area contributed by atoms with Crippen LogP contribution >= 0.6 is 0 Å². The van der Waals surface area contributed by atoms with Crippen molar-refractivity contribution in [3.8, 4) is 0 Å². The lowest BCUT2D eigenvalue weighted by Gasteiger charge is -2.37. The second kappa shape index (κ2) is 6.06. The van der Waals surface area contributed by atoms with E-state index >= 15 is 0 Å². The predicted molar refractivity (Wildman–Crippen MR) is 78.2 cm³/mol. The summed E-state index contributed by atoms with van der Waals surface area (Å²) in [6, 6.07) is 8.04. The number of piperazine rings is 1. The SMILES string of the molecule is CC[C@@H](N)C(=O)N1CCN(c2ccccc2C)CC1. The third kappa shape index (κ3) is 3.07. The Bertz CT molecular complexity index is 439. The minimum atomic E-state index is -0.343. The monoisotopic (exact) mass is 261 g/mol. The van der Waals surface area contributed by atoms with E-state index in [0.717, 1.165) is 26.2 Å². The molecule has 2 rings (SSSR count). The van der Waals surface area contributed by atoms with E-state index in [2.05, 4.69) is 36.1 Å². The van der Waals surface area contributed by atoms with E-state index < -0.39 is 0 Å². The number of rotatable bonds is 3. The molecule has 2 N–H and O–H groups in total. The van der Waals surface area contributed by atoms with Crippen LogP contribution in [0.2, 0.25) is 0 Å². The van der Waals surface area contributed by atoms with E-state index in [1.165, 1.54) is 11.3 Å². The predicted octanol–water partition coefficient (Wildman–Crippen LogP) is 1.38. The molecule has 0 saturated carbocycles. The molecule has 1 saturated heterocycles. The minimum Gasteiger partial charge on any atom is -0.368 e. The molecule has 0 aliphatic carbocycles. The van der Waals surface area contributed by atoms with Gasteiger partial charge in [-0.3, -0.25) is 4.79 Å². The zero-order chi connectivity index (χ0) is 13.8. The Morgan fingerprint density at radius 3 is 2.47 bits per heavy atom. The van der Waals surface area contributed by atoms with E-state index in [1.807, 2.05) is 11.8 Å². The van der Waals surface area contributed by atoms with Crippen LogP contribution in [0.1, 0.15) is 18.9 Å². The summed E-state index contributed by atoms with van der Waals surface area (Å²) < 4.78 is 0. The fourth-order valence-electron chi connectivity index (χ4n) is 2.50. The largest absolute Gasteiger partial charge is 0.368 e. The molecular weight excluding hydrogens is 238 g/mol. The van der Waals surface area contributed by atoms with Gasteiger partial charge in [0.05, 0.1) is 6.04 Å². The zero-order valence-electron chi connectivity index (χ0n) is 11.8. The van der Waals surface area contributed by atoms with Crippen LogP contribution < -0.4 is 10.6 Å². The van der Waals surface area contributed by atoms with Crippen molar-refractivity contribution in [3.05, 3.63) is 29.8 Å².